The second-order valence-corrected chi connectivity index (χ2v) is 5.33. The van der Waals surface area contributed by atoms with Crippen molar-refractivity contribution in [2.24, 2.45) is 0 Å². The molecular weight excluding hydrogens is 330 g/mol. The van der Waals surface area contributed by atoms with Crippen LogP contribution in [0.2, 0.25) is 5.15 Å². The lowest BCUT2D eigenvalue weighted by molar-refractivity contribution is 0.364. The van der Waals surface area contributed by atoms with Crippen LogP contribution in [-0.2, 0) is 6.54 Å². The van der Waals surface area contributed by atoms with Crippen LogP contribution >= 0.6 is 11.6 Å². The van der Waals surface area contributed by atoms with E-state index in [1.54, 1.807) is 19.2 Å². The maximum Gasteiger partial charge on any atom is 0.222 e. The summed E-state index contributed by atoms with van der Waals surface area (Å²) in [5.41, 5.74) is 7.85. The van der Waals surface area contributed by atoms with E-state index < -0.39 is 0 Å². The van der Waals surface area contributed by atoms with Crippen molar-refractivity contribution < 1.29 is 9.47 Å². The number of fused-ring (bicyclic) bond motifs is 1. The fourth-order valence-electron chi connectivity index (χ4n) is 2.48. The van der Waals surface area contributed by atoms with Gasteiger partial charge in [0.1, 0.15) is 23.1 Å². The minimum absolute atomic E-state index is 0.0167. The third-order valence-corrected chi connectivity index (χ3v) is 3.74. The van der Waals surface area contributed by atoms with E-state index in [4.69, 9.17) is 32.1 Å². The van der Waals surface area contributed by atoms with Crippen molar-refractivity contribution in [3.8, 4) is 17.6 Å². The Kier molecular flexibility index (Phi) is 4.40. The zero-order chi connectivity index (χ0) is 17.1. The van der Waals surface area contributed by atoms with Crippen molar-refractivity contribution in [2.45, 2.75) is 6.54 Å². The van der Waals surface area contributed by atoms with Crippen molar-refractivity contribution in [3.63, 3.8) is 0 Å². The minimum atomic E-state index is -0.0167. The second-order valence-electron chi connectivity index (χ2n) is 4.97. The predicted molar refractivity (Wildman–Crippen MR) is 90.2 cm³/mol. The van der Waals surface area contributed by atoms with Gasteiger partial charge >= 0.3 is 0 Å². The average Bonchev–Trinajstić information content (AvgIpc) is 2.96. The SMILES string of the molecule is COc1ccc(OCC#N)cc1Cn1ccc2nc(N)nc(Cl)c21. The number of rotatable bonds is 5. The van der Waals surface area contributed by atoms with Gasteiger partial charge in [-0.3, -0.25) is 0 Å². The second kappa shape index (κ2) is 6.64. The maximum absolute atomic E-state index is 8.63. The summed E-state index contributed by atoms with van der Waals surface area (Å²) in [6, 6.07) is 9.14. The highest BCUT2D eigenvalue weighted by Crippen LogP contribution is 2.28. The Morgan fingerprint density at radius 2 is 2.17 bits per heavy atom. The molecular formula is C16H14ClN5O2. The molecule has 3 rings (SSSR count). The molecule has 0 aliphatic carbocycles. The van der Waals surface area contributed by atoms with Crippen molar-refractivity contribution in [1.29, 1.82) is 5.26 Å². The number of ether oxygens (including phenoxy) is 2. The summed E-state index contributed by atoms with van der Waals surface area (Å²) >= 11 is 6.20. The standard InChI is InChI=1S/C16H14ClN5O2/c1-23-13-3-2-11(24-7-5-18)8-10(13)9-22-6-4-12-14(22)15(17)21-16(19)20-12/h2-4,6,8H,7,9H2,1H3,(H2,19,20,21). The number of nitrogens with two attached hydrogens (primary N) is 1. The zero-order valence-corrected chi connectivity index (χ0v) is 13.6. The fraction of sp³-hybridized carbons (Fsp3) is 0.188. The summed E-state index contributed by atoms with van der Waals surface area (Å²) in [6.45, 7) is 0.459. The Balaban J connectivity index is 2.00. The van der Waals surface area contributed by atoms with E-state index in [0.717, 1.165) is 5.56 Å². The first-order valence-corrected chi connectivity index (χ1v) is 7.44. The first-order valence-electron chi connectivity index (χ1n) is 7.07. The molecule has 0 aliphatic heterocycles. The Bertz CT molecular complexity index is 932. The third kappa shape index (κ3) is 3.05. The highest BCUT2D eigenvalue weighted by Gasteiger charge is 2.12. The van der Waals surface area contributed by atoms with Gasteiger partial charge in [-0.2, -0.15) is 10.2 Å². The summed E-state index contributed by atoms with van der Waals surface area (Å²) in [5, 5.41) is 8.92. The number of methoxy groups -OCH3 is 1. The van der Waals surface area contributed by atoms with E-state index in [1.165, 1.54) is 0 Å². The lowest BCUT2D eigenvalue weighted by Crippen LogP contribution is -2.04. The first kappa shape index (κ1) is 15.9. The molecule has 24 heavy (non-hydrogen) atoms. The van der Waals surface area contributed by atoms with Crippen LogP contribution < -0.4 is 15.2 Å². The van der Waals surface area contributed by atoms with E-state index in [9.17, 15) is 0 Å². The molecule has 3 aromatic rings. The van der Waals surface area contributed by atoms with Crippen LogP contribution in [0.5, 0.6) is 11.5 Å². The quantitative estimate of drug-likeness (QED) is 0.715. The fourth-order valence-corrected chi connectivity index (χ4v) is 2.77. The number of nitrogens with zero attached hydrogens (tertiary/aromatic N) is 4. The van der Waals surface area contributed by atoms with Gasteiger partial charge in [-0.05, 0) is 24.3 Å². The lowest BCUT2D eigenvalue weighted by atomic mass is 10.2. The Morgan fingerprint density at radius 3 is 2.92 bits per heavy atom. The Labute approximate surface area is 143 Å². The minimum Gasteiger partial charge on any atom is -0.496 e. The van der Waals surface area contributed by atoms with Gasteiger partial charge < -0.3 is 19.8 Å². The molecule has 122 valence electrons. The van der Waals surface area contributed by atoms with Gasteiger partial charge in [0.2, 0.25) is 5.95 Å². The molecule has 0 unspecified atom stereocenters. The summed E-state index contributed by atoms with van der Waals surface area (Å²) in [7, 11) is 1.60. The van der Waals surface area contributed by atoms with Gasteiger partial charge in [0.25, 0.3) is 0 Å². The van der Waals surface area contributed by atoms with Crippen molar-refractivity contribution in [3.05, 3.63) is 41.2 Å². The topological polar surface area (TPSA) is 99.0 Å². The smallest absolute Gasteiger partial charge is 0.222 e. The zero-order valence-electron chi connectivity index (χ0n) is 12.9. The van der Waals surface area contributed by atoms with Crippen molar-refractivity contribution in [2.75, 3.05) is 19.5 Å². The van der Waals surface area contributed by atoms with E-state index in [2.05, 4.69) is 9.97 Å². The van der Waals surface area contributed by atoms with Crippen LogP contribution in [0.1, 0.15) is 5.56 Å². The molecule has 2 heterocycles. The molecule has 0 bridgehead atoms. The molecule has 0 amide bonds. The molecule has 0 aliphatic rings. The van der Waals surface area contributed by atoms with E-state index in [0.29, 0.717) is 34.2 Å². The molecule has 0 radical (unpaired) electrons. The van der Waals surface area contributed by atoms with E-state index >= 15 is 0 Å². The van der Waals surface area contributed by atoms with Gasteiger partial charge in [-0.15, -0.1) is 0 Å². The van der Waals surface area contributed by atoms with Crippen LogP contribution in [0.4, 0.5) is 5.95 Å². The molecule has 0 saturated heterocycles. The molecule has 0 spiro atoms. The Hall–Kier alpha value is -2.98. The molecule has 8 heteroatoms. The van der Waals surface area contributed by atoms with Crippen molar-refractivity contribution in [1.82, 2.24) is 14.5 Å². The Morgan fingerprint density at radius 1 is 1.33 bits per heavy atom. The number of nitrogen functional groups attached to an aromatic ring is 1. The molecule has 1 aromatic carbocycles. The number of anilines is 1. The van der Waals surface area contributed by atoms with E-state index in [1.807, 2.05) is 29.0 Å². The average molecular weight is 344 g/mol. The summed E-state index contributed by atoms with van der Waals surface area (Å²) in [5.74, 6) is 1.43. The van der Waals surface area contributed by atoms with Crippen LogP contribution in [0.25, 0.3) is 11.0 Å². The first-order chi connectivity index (χ1) is 11.6. The van der Waals surface area contributed by atoms with Gasteiger partial charge in [0, 0.05) is 11.8 Å². The summed E-state index contributed by atoms with van der Waals surface area (Å²) < 4.78 is 12.7. The van der Waals surface area contributed by atoms with Crippen LogP contribution in [0.15, 0.2) is 30.5 Å². The summed E-state index contributed by atoms with van der Waals surface area (Å²) in [6.07, 6.45) is 1.85. The summed E-state index contributed by atoms with van der Waals surface area (Å²) in [4.78, 5) is 8.17. The highest BCUT2D eigenvalue weighted by molar-refractivity contribution is 6.33. The molecule has 7 nitrogen and oxygen atoms in total. The van der Waals surface area contributed by atoms with Crippen molar-refractivity contribution >= 4 is 28.6 Å². The van der Waals surface area contributed by atoms with Crippen LogP contribution in [-0.4, -0.2) is 28.3 Å². The molecule has 0 atom stereocenters. The maximum atomic E-state index is 8.63. The normalized spacial score (nSPS) is 10.5. The number of aromatic nitrogens is 3. The molecule has 0 saturated carbocycles. The third-order valence-electron chi connectivity index (χ3n) is 3.48. The monoisotopic (exact) mass is 343 g/mol. The van der Waals surface area contributed by atoms with Crippen LogP contribution in [0, 0.1) is 11.3 Å². The molecule has 2 aromatic heterocycles. The highest BCUT2D eigenvalue weighted by atomic mass is 35.5. The molecule has 0 fully saturated rings. The number of hydrogen-bond donors (Lipinski definition) is 1. The van der Waals surface area contributed by atoms with Crippen LogP contribution in [0.3, 0.4) is 0 Å². The number of hydrogen-bond acceptors (Lipinski definition) is 6. The predicted octanol–water partition coefficient (Wildman–Crippen LogP) is 2.63. The van der Waals surface area contributed by atoms with Gasteiger partial charge in [-0.1, -0.05) is 11.6 Å². The van der Waals surface area contributed by atoms with E-state index in [-0.39, 0.29) is 12.6 Å². The van der Waals surface area contributed by atoms with Gasteiger partial charge in [-0.25, -0.2) is 4.98 Å². The number of halogens is 1. The number of nitriles is 1. The molecule has 2 N–H and O–H groups in total. The number of benzene rings is 1. The van der Waals surface area contributed by atoms with Gasteiger partial charge in [0.05, 0.1) is 19.2 Å². The largest absolute Gasteiger partial charge is 0.496 e. The van der Waals surface area contributed by atoms with Gasteiger partial charge in [0.15, 0.2) is 11.8 Å². The lowest BCUT2D eigenvalue weighted by Gasteiger charge is -2.12.